The predicted molar refractivity (Wildman–Crippen MR) is 80.7 cm³/mol. The molecule has 1 aromatic rings. The molecule has 1 amide bonds. The average Bonchev–Trinajstić information content (AvgIpc) is 2.44. The van der Waals surface area contributed by atoms with Crippen molar-refractivity contribution >= 4 is 6.09 Å². The van der Waals surface area contributed by atoms with Crippen molar-refractivity contribution in [2.24, 2.45) is 0 Å². The van der Waals surface area contributed by atoms with Gasteiger partial charge < -0.3 is 19.9 Å². The molecule has 0 heterocycles. The summed E-state index contributed by atoms with van der Waals surface area (Å²) in [4.78, 5) is 15.8. The van der Waals surface area contributed by atoms with Gasteiger partial charge >= 0.3 is 6.09 Å². The zero-order valence-corrected chi connectivity index (χ0v) is 12.6. The average molecular weight is 279 g/mol. The highest BCUT2D eigenvalue weighted by atomic mass is 16.5. The van der Waals surface area contributed by atoms with Crippen LogP contribution in [0.5, 0.6) is 0 Å². The lowest BCUT2D eigenvalue weighted by Crippen LogP contribution is -2.36. The van der Waals surface area contributed by atoms with E-state index >= 15 is 0 Å². The number of alkyl carbamates (subject to hydrolysis) is 1. The Balaban J connectivity index is 2.08. The number of rotatable bonds is 8. The van der Waals surface area contributed by atoms with E-state index in [0.29, 0.717) is 13.2 Å². The minimum atomic E-state index is -0.366. The highest BCUT2D eigenvalue weighted by Gasteiger charge is 2.03. The Morgan fingerprint density at radius 2 is 1.80 bits per heavy atom. The van der Waals surface area contributed by atoms with E-state index in [9.17, 15) is 4.79 Å². The summed E-state index contributed by atoms with van der Waals surface area (Å²) < 4.78 is 5.13. The fraction of sp³-hybridized carbons (Fsp3) is 0.533. The van der Waals surface area contributed by atoms with Crippen LogP contribution in [0.3, 0.4) is 0 Å². The summed E-state index contributed by atoms with van der Waals surface area (Å²) in [5, 5.41) is 2.76. The Bertz CT molecular complexity index is 382. The molecule has 0 spiro atoms. The molecule has 0 aliphatic carbocycles. The van der Waals surface area contributed by atoms with Gasteiger partial charge in [0.1, 0.15) is 6.61 Å². The smallest absolute Gasteiger partial charge is 0.407 e. The molecule has 0 saturated carbocycles. The molecule has 0 saturated heterocycles. The van der Waals surface area contributed by atoms with E-state index < -0.39 is 0 Å². The molecule has 0 atom stereocenters. The number of carbonyl (C=O) groups excluding carboxylic acids is 1. The van der Waals surface area contributed by atoms with E-state index in [2.05, 4.69) is 15.1 Å². The van der Waals surface area contributed by atoms with Gasteiger partial charge in [0.25, 0.3) is 0 Å². The largest absolute Gasteiger partial charge is 0.445 e. The van der Waals surface area contributed by atoms with Crippen LogP contribution < -0.4 is 5.32 Å². The van der Waals surface area contributed by atoms with Crippen LogP contribution in [-0.4, -0.2) is 63.2 Å². The van der Waals surface area contributed by atoms with Gasteiger partial charge in [0.2, 0.25) is 0 Å². The van der Waals surface area contributed by atoms with Gasteiger partial charge in [-0.25, -0.2) is 4.79 Å². The van der Waals surface area contributed by atoms with Crippen molar-refractivity contribution in [2.45, 2.75) is 6.61 Å². The van der Waals surface area contributed by atoms with Crippen LogP contribution in [0.25, 0.3) is 0 Å². The van der Waals surface area contributed by atoms with Gasteiger partial charge in [0.05, 0.1) is 0 Å². The quantitative estimate of drug-likeness (QED) is 0.781. The van der Waals surface area contributed by atoms with E-state index in [1.165, 1.54) is 0 Å². The van der Waals surface area contributed by atoms with E-state index in [4.69, 9.17) is 4.74 Å². The summed E-state index contributed by atoms with van der Waals surface area (Å²) in [5.41, 5.74) is 0.991. The summed E-state index contributed by atoms with van der Waals surface area (Å²) in [6.45, 7) is 3.71. The maximum atomic E-state index is 11.5. The molecule has 0 bridgehead atoms. The van der Waals surface area contributed by atoms with Gasteiger partial charge in [-0.3, -0.25) is 0 Å². The van der Waals surface area contributed by atoms with E-state index in [-0.39, 0.29) is 6.09 Å². The van der Waals surface area contributed by atoms with Crippen LogP contribution in [-0.2, 0) is 11.3 Å². The third-order valence-electron chi connectivity index (χ3n) is 2.90. The number of hydrogen-bond donors (Lipinski definition) is 1. The molecule has 0 radical (unpaired) electrons. The lowest BCUT2D eigenvalue weighted by atomic mass is 10.2. The molecule has 0 fully saturated rings. The molecule has 0 aliphatic heterocycles. The van der Waals surface area contributed by atoms with Gasteiger partial charge in [0.15, 0.2) is 0 Å². The van der Waals surface area contributed by atoms with Crippen LogP contribution in [0.1, 0.15) is 5.56 Å². The van der Waals surface area contributed by atoms with Crippen molar-refractivity contribution in [1.29, 1.82) is 0 Å². The number of hydrogen-bond acceptors (Lipinski definition) is 4. The van der Waals surface area contributed by atoms with Gasteiger partial charge in [-0.2, -0.15) is 0 Å². The highest BCUT2D eigenvalue weighted by molar-refractivity contribution is 5.67. The second-order valence-corrected chi connectivity index (χ2v) is 5.10. The molecule has 20 heavy (non-hydrogen) atoms. The molecule has 0 aliphatic rings. The topological polar surface area (TPSA) is 44.8 Å². The Morgan fingerprint density at radius 1 is 1.10 bits per heavy atom. The Kier molecular flexibility index (Phi) is 7.69. The highest BCUT2D eigenvalue weighted by Crippen LogP contribution is 2.00. The first kappa shape index (κ1) is 16.5. The van der Waals surface area contributed by atoms with Crippen molar-refractivity contribution in [1.82, 2.24) is 15.1 Å². The summed E-state index contributed by atoms with van der Waals surface area (Å²) in [7, 11) is 6.14. The van der Waals surface area contributed by atoms with E-state index in [1.54, 1.807) is 0 Å². The Morgan fingerprint density at radius 3 is 2.45 bits per heavy atom. The second kappa shape index (κ2) is 9.34. The first-order valence-electron chi connectivity index (χ1n) is 6.86. The molecular weight excluding hydrogens is 254 g/mol. The molecule has 1 aromatic carbocycles. The molecule has 0 aromatic heterocycles. The molecule has 5 nitrogen and oxygen atoms in total. The lowest BCUT2D eigenvalue weighted by molar-refractivity contribution is 0.138. The summed E-state index contributed by atoms with van der Waals surface area (Å²) in [5.74, 6) is 0. The van der Waals surface area contributed by atoms with Crippen LogP contribution in [0.15, 0.2) is 30.3 Å². The number of carbonyl (C=O) groups is 1. The maximum Gasteiger partial charge on any atom is 0.407 e. The summed E-state index contributed by atoms with van der Waals surface area (Å²) >= 11 is 0. The van der Waals surface area contributed by atoms with Crippen molar-refractivity contribution in [3.05, 3.63) is 35.9 Å². The molecule has 112 valence electrons. The monoisotopic (exact) mass is 279 g/mol. The third-order valence-corrected chi connectivity index (χ3v) is 2.90. The number of nitrogens with one attached hydrogen (secondary N) is 1. The summed E-state index contributed by atoms with van der Waals surface area (Å²) in [6.07, 6.45) is -0.366. The van der Waals surface area contributed by atoms with Crippen LogP contribution in [0.2, 0.25) is 0 Å². The zero-order valence-electron chi connectivity index (χ0n) is 12.6. The number of nitrogens with zero attached hydrogens (tertiary/aromatic N) is 2. The molecule has 0 unspecified atom stereocenters. The fourth-order valence-corrected chi connectivity index (χ4v) is 1.61. The third kappa shape index (κ3) is 7.76. The Labute approximate surface area is 121 Å². The van der Waals surface area contributed by atoms with Crippen LogP contribution in [0, 0.1) is 0 Å². The summed E-state index contributed by atoms with van der Waals surface area (Å²) in [6, 6.07) is 9.66. The van der Waals surface area contributed by atoms with Gasteiger partial charge in [0, 0.05) is 26.2 Å². The standard InChI is InChI=1S/C15H25N3O2/c1-17(2)11-12-18(3)10-9-16-15(19)20-13-14-7-5-4-6-8-14/h4-8H,9-13H2,1-3H3,(H,16,19). The lowest BCUT2D eigenvalue weighted by Gasteiger charge is -2.19. The van der Waals surface area contributed by atoms with Crippen molar-refractivity contribution in [2.75, 3.05) is 47.3 Å². The van der Waals surface area contributed by atoms with Crippen molar-refractivity contribution in [3.63, 3.8) is 0 Å². The van der Waals surface area contributed by atoms with Crippen LogP contribution in [0.4, 0.5) is 4.79 Å². The zero-order chi connectivity index (χ0) is 14.8. The first-order valence-corrected chi connectivity index (χ1v) is 6.86. The molecular formula is C15H25N3O2. The van der Waals surface area contributed by atoms with E-state index in [0.717, 1.165) is 25.2 Å². The Hall–Kier alpha value is -1.59. The van der Waals surface area contributed by atoms with Gasteiger partial charge in [-0.1, -0.05) is 30.3 Å². The number of benzene rings is 1. The molecule has 5 heteroatoms. The normalized spacial score (nSPS) is 10.8. The van der Waals surface area contributed by atoms with Crippen molar-refractivity contribution in [3.8, 4) is 0 Å². The molecule has 1 rings (SSSR count). The maximum absolute atomic E-state index is 11.5. The van der Waals surface area contributed by atoms with Crippen LogP contribution >= 0.6 is 0 Å². The van der Waals surface area contributed by atoms with Gasteiger partial charge in [-0.15, -0.1) is 0 Å². The SMILES string of the molecule is CN(C)CCN(C)CCNC(=O)OCc1ccccc1. The number of likely N-dealkylation sites (N-methyl/N-ethyl adjacent to an activating group) is 2. The van der Waals surface area contributed by atoms with Crippen molar-refractivity contribution < 1.29 is 9.53 Å². The minimum absolute atomic E-state index is 0.309. The second-order valence-electron chi connectivity index (χ2n) is 5.10. The number of amides is 1. The molecule has 1 N–H and O–H groups in total. The first-order chi connectivity index (χ1) is 9.58. The fourth-order valence-electron chi connectivity index (χ4n) is 1.61. The minimum Gasteiger partial charge on any atom is -0.445 e. The van der Waals surface area contributed by atoms with E-state index in [1.807, 2.05) is 51.5 Å². The predicted octanol–water partition coefficient (Wildman–Crippen LogP) is 1.41. The number of ether oxygens (including phenoxy) is 1. The van der Waals surface area contributed by atoms with Gasteiger partial charge in [-0.05, 0) is 26.7 Å².